The number of ether oxygens (including phenoxy) is 1. The van der Waals surface area contributed by atoms with Gasteiger partial charge >= 0.3 is 0 Å². The number of nitrogens with one attached hydrogen (secondary N) is 1. The molecule has 0 radical (unpaired) electrons. The summed E-state index contributed by atoms with van der Waals surface area (Å²) in [6, 6.07) is 5.26. The molecule has 1 saturated heterocycles. The summed E-state index contributed by atoms with van der Waals surface area (Å²) >= 11 is 0. The van der Waals surface area contributed by atoms with E-state index < -0.39 is 0 Å². The predicted molar refractivity (Wildman–Crippen MR) is 57.8 cm³/mol. The smallest absolute Gasteiger partial charge is 0.165 e. The summed E-state index contributed by atoms with van der Waals surface area (Å²) in [5.74, 6) is 0.557. The second kappa shape index (κ2) is 4.19. The van der Waals surface area contributed by atoms with Crippen molar-refractivity contribution < 1.29 is 9.13 Å². The van der Waals surface area contributed by atoms with Crippen molar-refractivity contribution in [2.24, 2.45) is 0 Å². The fourth-order valence-electron chi connectivity index (χ4n) is 1.64. The molecule has 1 aliphatic heterocycles. The minimum atomic E-state index is -0.256. The maximum Gasteiger partial charge on any atom is 0.165 e. The van der Waals surface area contributed by atoms with Gasteiger partial charge in [-0.15, -0.1) is 0 Å². The molecule has 2 nitrogen and oxygen atoms in total. The molecule has 15 heavy (non-hydrogen) atoms. The van der Waals surface area contributed by atoms with Gasteiger partial charge in [-0.2, -0.15) is 0 Å². The van der Waals surface area contributed by atoms with Crippen LogP contribution in [0.15, 0.2) is 18.2 Å². The van der Waals surface area contributed by atoms with Crippen LogP contribution in [0.25, 0.3) is 0 Å². The van der Waals surface area contributed by atoms with E-state index >= 15 is 0 Å². The number of hydrogen-bond donors (Lipinski definition) is 1. The van der Waals surface area contributed by atoms with Gasteiger partial charge in [-0.25, -0.2) is 4.39 Å². The van der Waals surface area contributed by atoms with Crippen LogP contribution in [0.1, 0.15) is 25.3 Å². The summed E-state index contributed by atoms with van der Waals surface area (Å²) in [7, 11) is 0. The van der Waals surface area contributed by atoms with E-state index in [1.165, 1.54) is 0 Å². The Morgan fingerprint density at radius 2 is 2.13 bits per heavy atom. The standard InChI is InChI=1S/C12H16FNO/c1-8(2)15-12-4-3-9(5-11(12)13)10-6-14-7-10/h3-5,8,10,14H,6-7H2,1-2H3. The molecular weight excluding hydrogens is 193 g/mol. The quantitative estimate of drug-likeness (QED) is 0.824. The third-order valence-corrected chi connectivity index (χ3v) is 2.57. The molecule has 1 aromatic carbocycles. The maximum absolute atomic E-state index is 13.6. The first-order valence-corrected chi connectivity index (χ1v) is 5.33. The van der Waals surface area contributed by atoms with E-state index in [4.69, 9.17) is 4.74 Å². The monoisotopic (exact) mass is 209 g/mol. The Labute approximate surface area is 89.4 Å². The highest BCUT2D eigenvalue weighted by Gasteiger charge is 2.20. The fraction of sp³-hybridized carbons (Fsp3) is 0.500. The van der Waals surface area contributed by atoms with Crippen molar-refractivity contribution in [3.63, 3.8) is 0 Å². The van der Waals surface area contributed by atoms with Crippen molar-refractivity contribution in [3.8, 4) is 5.75 Å². The molecule has 0 aliphatic carbocycles. The molecule has 0 bridgehead atoms. The van der Waals surface area contributed by atoms with Gasteiger partial charge in [0, 0.05) is 19.0 Å². The molecule has 0 aromatic heterocycles. The lowest BCUT2D eigenvalue weighted by atomic mass is 9.94. The zero-order valence-electron chi connectivity index (χ0n) is 9.09. The summed E-state index contributed by atoms with van der Waals surface area (Å²) in [6.45, 7) is 5.68. The molecule has 1 aromatic rings. The Kier molecular flexibility index (Phi) is 2.91. The third-order valence-electron chi connectivity index (χ3n) is 2.57. The number of halogens is 1. The molecule has 82 valence electrons. The number of benzene rings is 1. The summed E-state index contributed by atoms with van der Waals surface area (Å²) < 4.78 is 18.9. The van der Waals surface area contributed by atoms with Crippen LogP contribution in [0.2, 0.25) is 0 Å². The second-order valence-corrected chi connectivity index (χ2v) is 4.21. The lowest BCUT2D eigenvalue weighted by Gasteiger charge is -2.27. The van der Waals surface area contributed by atoms with Crippen molar-refractivity contribution in [3.05, 3.63) is 29.6 Å². The van der Waals surface area contributed by atoms with Crippen LogP contribution in [0.5, 0.6) is 5.75 Å². The molecule has 3 heteroatoms. The molecule has 2 rings (SSSR count). The van der Waals surface area contributed by atoms with Gasteiger partial charge in [0.2, 0.25) is 0 Å². The van der Waals surface area contributed by atoms with Crippen molar-refractivity contribution >= 4 is 0 Å². The summed E-state index contributed by atoms with van der Waals surface area (Å²) in [4.78, 5) is 0. The van der Waals surface area contributed by atoms with Crippen molar-refractivity contribution in [1.29, 1.82) is 0 Å². The van der Waals surface area contributed by atoms with Crippen molar-refractivity contribution in [1.82, 2.24) is 5.32 Å². The first-order chi connectivity index (χ1) is 7.16. The van der Waals surface area contributed by atoms with Crippen LogP contribution in [0.3, 0.4) is 0 Å². The number of hydrogen-bond acceptors (Lipinski definition) is 2. The van der Waals surface area contributed by atoms with Gasteiger partial charge in [0.25, 0.3) is 0 Å². The van der Waals surface area contributed by atoms with Gasteiger partial charge in [-0.3, -0.25) is 0 Å². The zero-order valence-corrected chi connectivity index (χ0v) is 9.09. The van der Waals surface area contributed by atoms with Gasteiger partial charge in [0.1, 0.15) is 0 Å². The average molecular weight is 209 g/mol. The number of rotatable bonds is 3. The minimum absolute atomic E-state index is 0.00993. The maximum atomic E-state index is 13.6. The molecule has 1 aliphatic rings. The minimum Gasteiger partial charge on any atom is -0.488 e. The lowest BCUT2D eigenvalue weighted by molar-refractivity contribution is 0.231. The van der Waals surface area contributed by atoms with Gasteiger partial charge in [0.05, 0.1) is 6.10 Å². The van der Waals surface area contributed by atoms with Gasteiger partial charge in [-0.05, 0) is 31.5 Å². The average Bonchev–Trinajstić information content (AvgIpc) is 2.06. The van der Waals surface area contributed by atoms with Crippen LogP contribution < -0.4 is 10.1 Å². The van der Waals surface area contributed by atoms with Crippen LogP contribution >= 0.6 is 0 Å². The van der Waals surface area contributed by atoms with E-state index in [1.807, 2.05) is 19.9 Å². The Hall–Kier alpha value is -1.09. The van der Waals surface area contributed by atoms with E-state index in [0.717, 1.165) is 18.7 Å². The normalized spacial score (nSPS) is 16.5. The predicted octanol–water partition coefficient (Wildman–Crippen LogP) is 2.30. The highest BCUT2D eigenvalue weighted by Crippen LogP contribution is 2.25. The van der Waals surface area contributed by atoms with E-state index in [1.54, 1.807) is 12.1 Å². The summed E-state index contributed by atoms with van der Waals surface area (Å²) in [5.41, 5.74) is 1.06. The van der Waals surface area contributed by atoms with Crippen LogP contribution in [-0.4, -0.2) is 19.2 Å². The highest BCUT2D eigenvalue weighted by molar-refractivity contribution is 5.32. The molecule has 1 fully saturated rings. The SMILES string of the molecule is CC(C)Oc1ccc(C2CNC2)cc1F. The molecule has 1 heterocycles. The van der Waals surface area contributed by atoms with Crippen LogP contribution in [0.4, 0.5) is 4.39 Å². The van der Waals surface area contributed by atoms with Crippen molar-refractivity contribution in [2.45, 2.75) is 25.9 Å². The molecule has 1 N–H and O–H groups in total. The van der Waals surface area contributed by atoms with Gasteiger partial charge in [0.15, 0.2) is 11.6 Å². The summed E-state index contributed by atoms with van der Waals surface area (Å²) in [6.07, 6.45) is 0.00993. The molecular formula is C12H16FNO. The third kappa shape index (κ3) is 2.29. The topological polar surface area (TPSA) is 21.3 Å². The Balaban J connectivity index is 2.14. The van der Waals surface area contributed by atoms with Gasteiger partial charge < -0.3 is 10.1 Å². The largest absolute Gasteiger partial charge is 0.488 e. The van der Waals surface area contributed by atoms with E-state index in [9.17, 15) is 4.39 Å². The second-order valence-electron chi connectivity index (χ2n) is 4.21. The zero-order chi connectivity index (χ0) is 10.8. The first-order valence-electron chi connectivity index (χ1n) is 5.33. The van der Waals surface area contributed by atoms with E-state index in [2.05, 4.69) is 5.32 Å². The summed E-state index contributed by atoms with van der Waals surface area (Å²) in [5, 5.41) is 3.17. The molecule has 0 atom stereocenters. The van der Waals surface area contributed by atoms with Crippen molar-refractivity contribution in [2.75, 3.05) is 13.1 Å². The molecule has 0 saturated carbocycles. The first kappa shape index (κ1) is 10.4. The molecule has 0 unspecified atom stereocenters. The van der Waals surface area contributed by atoms with Crippen LogP contribution in [-0.2, 0) is 0 Å². The van der Waals surface area contributed by atoms with Crippen LogP contribution in [0, 0.1) is 5.82 Å². The fourth-order valence-corrected chi connectivity index (χ4v) is 1.64. The highest BCUT2D eigenvalue weighted by atomic mass is 19.1. The van der Waals surface area contributed by atoms with Gasteiger partial charge in [-0.1, -0.05) is 6.07 Å². The van der Waals surface area contributed by atoms with E-state index in [-0.39, 0.29) is 11.9 Å². The molecule has 0 amide bonds. The lowest BCUT2D eigenvalue weighted by Crippen LogP contribution is -2.39. The Morgan fingerprint density at radius 1 is 1.40 bits per heavy atom. The Bertz CT molecular complexity index is 347. The Morgan fingerprint density at radius 3 is 2.60 bits per heavy atom. The van der Waals surface area contributed by atoms with E-state index in [0.29, 0.717) is 11.7 Å². The molecule has 0 spiro atoms.